The van der Waals surface area contributed by atoms with Gasteiger partial charge in [-0.25, -0.2) is 13.4 Å². The average molecular weight is 407 g/mol. The molecular weight excluding hydrogens is 390 g/mol. The number of nitro benzene ring substituents is 1. The van der Waals surface area contributed by atoms with Gasteiger partial charge >= 0.3 is 0 Å². The summed E-state index contributed by atoms with van der Waals surface area (Å²) in [4.78, 5) is 26.4. The molecule has 0 spiro atoms. The van der Waals surface area contributed by atoms with Gasteiger partial charge in [0.1, 0.15) is 12.0 Å². The Morgan fingerprint density at radius 3 is 2.25 bits per heavy atom. The summed E-state index contributed by atoms with van der Waals surface area (Å²) in [5, 5.41) is 22.0. The van der Waals surface area contributed by atoms with Crippen LogP contribution in [0.5, 0.6) is 0 Å². The van der Waals surface area contributed by atoms with Crippen LogP contribution in [0.1, 0.15) is 5.56 Å². The summed E-state index contributed by atoms with van der Waals surface area (Å²) in [6.07, 6.45) is 1.17. The Hall–Kier alpha value is -3.12. The molecule has 1 aromatic heterocycles. The number of nitrogens with zero attached hydrogens (tertiary/aromatic N) is 5. The molecule has 12 heteroatoms. The topological polar surface area (TPSA) is 140 Å². The van der Waals surface area contributed by atoms with Crippen molar-refractivity contribution in [2.24, 2.45) is 0 Å². The number of pyridine rings is 1. The minimum atomic E-state index is -4.02. The molecule has 0 N–H and O–H groups in total. The van der Waals surface area contributed by atoms with Crippen molar-refractivity contribution in [3.63, 3.8) is 0 Å². The van der Waals surface area contributed by atoms with Gasteiger partial charge in [-0.3, -0.25) is 20.2 Å². The van der Waals surface area contributed by atoms with Crippen molar-refractivity contribution in [2.75, 3.05) is 31.1 Å². The molecular formula is C16H17N5O6S. The highest BCUT2D eigenvalue weighted by Crippen LogP contribution is 2.28. The van der Waals surface area contributed by atoms with Gasteiger partial charge in [-0.05, 0) is 18.6 Å². The van der Waals surface area contributed by atoms with E-state index in [1.54, 1.807) is 6.92 Å². The van der Waals surface area contributed by atoms with Crippen molar-refractivity contribution in [1.82, 2.24) is 9.29 Å². The fraction of sp³-hybridized carbons (Fsp3) is 0.312. The minimum absolute atomic E-state index is 0.112. The molecule has 0 amide bonds. The van der Waals surface area contributed by atoms with Crippen molar-refractivity contribution in [1.29, 1.82) is 0 Å². The average Bonchev–Trinajstić information content (AvgIpc) is 2.68. The molecule has 28 heavy (non-hydrogen) atoms. The smallest absolute Gasteiger partial charge is 0.289 e. The van der Waals surface area contributed by atoms with E-state index in [-0.39, 0.29) is 23.7 Å². The van der Waals surface area contributed by atoms with Crippen molar-refractivity contribution < 1.29 is 18.3 Å². The van der Waals surface area contributed by atoms with Crippen LogP contribution in [0, 0.1) is 27.2 Å². The van der Waals surface area contributed by atoms with E-state index in [0.29, 0.717) is 24.5 Å². The quantitative estimate of drug-likeness (QED) is 0.539. The number of nitro groups is 2. The number of benzene rings is 1. The van der Waals surface area contributed by atoms with Gasteiger partial charge in [0.2, 0.25) is 10.0 Å². The number of piperazine rings is 1. The maximum Gasteiger partial charge on any atom is 0.289 e. The standard InChI is InChI=1S/C16H17N5O6S/c1-12-10-13(20(22)23)11-17-16(12)18-6-8-19(9-7-18)28(26,27)15-5-3-2-4-14(15)21(24)25/h2-5,10-11H,6-9H2,1H3. The first-order valence-corrected chi connectivity index (χ1v) is 9.75. The van der Waals surface area contributed by atoms with E-state index in [4.69, 9.17) is 0 Å². The van der Waals surface area contributed by atoms with Crippen molar-refractivity contribution >= 4 is 27.2 Å². The predicted octanol–water partition coefficient (Wildman–Crippen LogP) is 1.72. The van der Waals surface area contributed by atoms with Crippen molar-refractivity contribution in [2.45, 2.75) is 11.8 Å². The number of anilines is 1. The highest BCUT2D eigenvalue weighted by Gasteiger charge is 2.34. The molecule has 1 aromatic carbocycles. The lowest BCUT2D eigenvalue weighted by Gasteiger charge is -2.35. The van der Waals surface area contributed by atoms with Gasteiger partial charge < -0.3 is 4.90 Å². The molecule has 3 rings (SSSR count). The largest absolute Gasteiger partial charge is 0.354 e. The van der Waals surface area contributed by atoms with Gasteiger partial charge in [0.05, 0.1) is 9.85 Å². The molecule has 2 aromatic rings. The van der Waals surface area contributed by atoms with Crippen LogP contribution in [-0.4, -0.2) is 53.7 Å². The third-order valence-electron chi connectivity index (χ3n) is 4.46. The fourth-order valence-electron chi connectivity index (χ4n) is 3.09. The summed E-state index contributed by atoms with van der Waals surface area (Å²) in [5.74, 6) is 0.549. The van der Waals surface area contributed by atoms with E-state index < -0.39 is 25.6 Å². The van der Waals surface area contributed by atoms with Gasteiger partial charge in [-0.2, -0.15) is 4.31 Å². The van der Waals surface area contributed by atoms with E-state index in [1.807, 2.05) is 4.90 Å². The summed E-state index contributed by atoms with van der Waals surface area (Å²) in [7, 11) is -4.02. The highest BCUT2D eigenvalue weighted by atomic mass is 32.2. The third-order valence-corrected chi connectivity index (χ3v) is 6.41. The molecule has 0 aliphatic carbocycles. The maximum absolute atomic E-state index is 12.9. The summed E-state index contributed by atoms with van der Waals surface area (Å²) in [5.41, 5.74) is 0.0425. The number of sulfonamides is 1. The second-order valence-electron chi connectivity index (χ2n) is 6.21. The lowest BCUT2D eigenvalue weighted by atomic mass is 10.2. The maximum atomic E-state index is 12.9. The highest BCUT2D eigenvalue weighted by molar-refractivity contribution is 7.89. The SMILES string of the molecule is Cc1cc([N+](=O)[O-])cnc1N1CCN(S(=O)(=O)c2ccccc2[N+](=O)[O-])CC1. The Bertz CT molecular complexity index is 1030. The lowest BCUT2D eigenvalue weighted by Crippen LogP contribution is -2.49. The number of para-hydroxylation sites is 1. The summed E-state index contributed by atoms with van der Waals surface area (Å²) < 4.78 is 26.9. The molecule has 0 bridgehead atoms. The van der Waals surface area contributed by atoms with Gasteiger partial charge in [-0.15, -0.1) is 0 Å². The van der Waals surface area contributed by atoms with E-state index in [0.717, 1.165) is 6.07 Å². The Kier molecular flexibility index (Phi) is 5.25. The van der Waals surface area contributed by atoms with E-state index >= 15 is 0 Å². The van der Waals surface area contributed by atoms with Crippen molar-refractivity contribution in [3.8, 4) is 0 Å². The zero-order valence-corrected chi connectivity index (χ0v) is 15.7. The molecule has 148 valence electrons. The van der Waals surface area contributed by atoms with Crippen LogP contribution in [0.15, 0.2) is 41.4 Å². The molecule has 1 fully saturated rings. The van der Waals surface area contributed by atoms with E-state index in [9.17, 15) is 28.6 Å². The fourth-order valence-corrected chi connectivity index (χ4v) is 4.67. The Morgan fingerprint density at radius 2 is 1.68 bits per heavy atom. The Balaban J connectivity index is 1.79. The number of rotatable bonds is 5. The Morgan fingerprint density at radius 1 is 1.04 bits per heavy atom. The van der Waals surface area contributed by atoms with Crippen molar-refractivity contribution in [3.05, 3.63) is 62.3 Å². The minimum Gasteiger partial charge on any atom is -0.354 e. The molecule has 0 unspecified atom stereocenters. The van der Waals surface area contributed by atoms with E-state index in [2.05, 4.69) is 4.98 Å². The normalized spacial score (nSPS) is 15.4. The number of hydrogen-bond donors (Lipinski definition) is 0. The molecule has 11 nitrogen and oxygen atoms in total. The number of aryl methyl sites for hydroxylation is 1. The van der Waals surface area contributed by atoms with Crippen LogP contribution < -0.4 is 4.90 Å². The second-order valence-corrected chi connectivity index (χ2v) is 8.11. The second kappa shape index (κ2) is 7.48. The van der Waals surface area contributed by atoms with Crippen LogP contribution in [0.2, 0.25) is 0 Å². The van der Waals surface area contributed by atoms with Crippen LogP contribution >= 0.6 is 0 Å². The van der Waals surface area contributed by atoms with Gasteiger partial charge in [0.15, 0.2) is 4.90 Å². The zero-order chi connectivity index (χ0) is 20.5. The monoisotopic (exact) mass is 407 g/mol. The summed E-state index contributed by atoms with van der Waals surface area (Å²) in [6.45, 7) is 2.56. The number of hydrogen-bond acceptors (Lipinski definition) is 8. The molecule has 1 aliphatic heterocycles. The van der Waals surface area contributed by atoms with Crippen LogP contribution in [0.4, 0.5) is 17.2 Å². The summed E-state index contributed by atoms with van der Waals surface area (Å²) in [6, 6.07) is 6.66. The lowest BCUT2D eigenvalue weighted by molar-refractivity contribution is -0.387. The first-order valence-electron chi connectivity index (χ1n) is 8.31. The van der Waals surface area contributed by atoms with Crippen LogP contribution in [0.25, 0.3) is 0 Å². The molecule has 0 saturated carbocycles. The first-order chi connectivity index (χ1) is 13.2. The molecule has 1 saturated heterocycles. The summed E-state index contributed by atoms with van der Waals surface area (Å²) >= 11 is 0. The molecule has 0 radical (unpaired) electrons. The zero-order valence-electron chi connectivity index (χ0n) is 14.9. The van der Waals surface area contributed by atoms with Gasteiger partial charge in [-0.1, -0.05) is 12.1 Å². The van der Waals surface area contributed by atoms with E-state index in [1.165, 1.54) is 34.8 Å². The predicted molar refractivity (Wildman–Crippen MR) is 99.7 cm³/mol. The molecule has 2 heterocycles. The molecule has 0 atom stereocenters. The third kappa shape index (κ3) is 3.64. The number of aromatic nitrogens is 1. The molecule has 1 aliphatic rings. The van der Waals surface area contributed by atoms with Gasteiger partial charge in [0.25, 0.3) is 11.4 Å². The van der Waals surface area contributed by atoms with Crippen LogP contribution in [-0.2, 0) is 10.0 Å². The Labute approximate surface area is 160 Å². The van der Waals surface area contributed by atoms with Crippen LogP contribution in [0.3, 0.4) is 0 Å². The van der Waals surface area contributed by atoms with Gasteiger partial charge in [0, 0.05) is 38.3 Å². The first kappa shape index (κ1) is 19.6.